The van der Waals surface area contributed by atoms with Gasteiger partial charge in [-0.15, -0.1) is 0 Å². The third-order valence-corrected chi connectivity index (χ3v) is 4.65. The molecule has 1 aromatic rings. The molecule has 2 N–H and O–H groups in total. The van der Waals surface area contributed by atoms with E-state index in [-0.39, 0.29) is 17.9 Å². The van der Waals surface area contributed by atoms with Gasteiger partial charge in [-0.2, -0.15) is 0 Å². The van der Waals surface area contributed by atoms with Crippen molar-refractivity contribution in [1.29, 1.82) is 0 Å². The molecule has 0 spiro atoms. The fraction of sp³-hybridized carbons (Fsp3) is 0.529. The lowest BCUT2D eigenvalue weighted by atomic mass is 9.86. The van der Waals surface area contributed by atoms with E-state index in [0.29, 0.717) is 19.4 Å². The molecule has 1 saturated carbocycles. The summed E-state index contributed by atoms with van der Waals surface area (Å²) in [4.78, 5) is 23.5. The minimum absolute atomic E-state index is 0.0563. The third kappa shape index (κ3) is 3.14. The smallest absolute Gasteiger partial charge is 0.306 e. The van der Waals surface area contributed by atoms with E-state index >= 15 is 0 Å². The molecule has 0 bridgehead atoms. The molecule has 1 heterocycles. The van der Waals surface area contributed by atoms with E-state index in [2.05, 4.69) is 5.32 Å². The Bertz CT molecular complexity index is 564. The zero-order valence-corrected chi connectivity index (χ0v) is 12.5. The molecule has 1 unspecified atom stereocenters. The largest absolute Gasteiger partial charge is 0.481 e. The maximum Gasteiger partial charge on any atom is 0.306 e. The maximum atomic E-state index is 12.5. The highest BCUT2D eigenvalue weighted by atomic mass is 16.5. The lowest BCUT2D eigenvalue weighted by Gasteiger charge is -2.30. The summed E-state index contributed by atoms with van der Waals surface area (Å²) in [5, 5.41) is 12.0. The highest BCUT2D eigenvalue weighted by Crippen LogP contribution is 2.29. The van der Waals surface area contributed by atoms with E-state index in [0.717, 1.165) is 24.8 Å². The first kappa shape index (κ1) is 15.0. The van der Waals surface area contributed by atoms with Crippen molar-refractivity contribution in [2.24, 2.45) is 5.92 Å². The lowest BCUT2D eigenvalue weighted by molar-refractivity contribution is -0.143. The molecular weight excluding hydrogens is 282 g/mol. The van der Waals surface area contributed by atoms with Crippen LogP contribution in [0.1, 0.15) is 42.9 Å². The molecule has 1 aliphatic heterocycles. The summed E-state index contributed by atoms with van der Waals surface area (Å²) in [5.41, 5.74) is 2.12. The molecule has 0 radical (unpaired) electrons. The first-order valence-electron chi connectivity index (χ1n) is 7.87. The van der Waals surface area contributed by atoms with Crippen LogP contribution in [0.3, 0.4) is 0 Å². The monoisotopic (exact) mass is 303 g/mol. The third-order valence-electron chi connectivity index (χ3n) is 4.65. The van der Waals surface area contributed by atoms with Crippen molar-refractivity contribution in [1.82, 2.24) is 5.32 Å². The molecule has 5 heteroatoms. The Morgan fingerprint density at radius 2 is 1.86 bits per heavy atom. The van der Waals surface area contributed by atoms with Crippen molar-refractivity contribution in [3.63, 3.8) is 0 Å². The van der Waals surface area contributed by atoms with Crippen LogP contribution in [0.25, 0.3) is 0 Å². The number of carboxylic acid groups (broad SMARTS) is 1. The van der Waals surface area contributed by atoms with Gasteiger partial charge in [-0.3, -0.25) is 9.59 Å². The van der Waals surface area contributed by atoms with Crippen LogP contribution in [0.5, 0.6) is 0 Å². The quantitative estimate of drug-likeness (QED) is 0.896. The summed E-state index contributed by atoms with van der Waals surface area (Å²) in [6.07, 6.45) is 2.99. The molecular formula is C17H21NO4. The average molecular weight is 303 g/mol. The number of nitrogens with one attached hydrogen (secondary N) is 1. The van der Waals surface area contributed by atoms with Gasteiger partial charge in [0, 0.05) is 6.04 Å². The molecule has 0 saturated heterocycles. The number of hydrogen-bond acceptors (Lipinski definition) is 3. The minimum Gasteiger partial charge on any atom is -0.481 e. The molecule has 3 rings (SSSR count). The molecule has 0 aromatic heterocycles. The van der Waals surface area contributed by atoms with Crippen molar-refractivity contribution in [3.8, 4) is 0 Å². The number of amides is 1. The van der Waals surface area contributed by atoms with Gasteiger partial charge in [0.05, 0.1) is 12.5 Å². The molecule has 1 amide bonds. The minimum atomic E-state index is -0.727. The van der Waals surface area contributed by atoms with Gasteiger partial charge in [-0.05, 0) is 43.2 Å². The zero-order chi connectivity index (χ0) is 15.5. The first-order chi connectivity index (χ1) is 10.6. The van der Waals surface area contributed by atoms with Crippen LogP contribution in [0.15, 0.2) is 24.3 Å². The predicted octanol–water partition coefficient (Wildman–Crippen LogP) is 2.06. The van der Waals surface area contributed by atoms with E-state index in [1.165, 1.54) is 5.56 Å². The number of hydrogen-bond donors (Lipinski definition) is 2. The predicted molar refractivity (Wildman–Crippen MR) is 80.4 cm³/mol. The van der Waals surface area contributed by atoms with Crippen LogP contribution in [0.2, 0.25) is 0 Å². The molecule has 1 fully saturated rings. The van der Waals surface area contributed by atoms with E-state index < -0.39 is 12.1 Å². The highest BCUT2D eigenvalue weighted by Gasteiger charge is 2.31. The molecule has 1 atom stereocenters. The summed E-state index contributed by atoms with van der Waals surface area (Å²) in [6.45, 7) is 0.556. The molecule has 22 heavy (non-hydrogen) atoms. The highest BCUT2D eigenvalue weighted by molar-refractivity contribution is 5.83. The van der Waals surface area contributed by atoms with Crippen LogP contribution in [-0.4, -0.2) is 29.6 Å². The number of benzene rings is 1. The SMILES string of the molecule is O=C(O)C1CCC(NC(=O)C2OCCc3ccccc32)CC1. The van der Waals surface area contributed by atoms with Crippen LogP contribution in [-0.2, 0) is 20.7 Å². The van der Waals surface area contributed by atoms with Crippen molar-refractivity contribution >= 4 is 11.9 Å². The van der Waals surface area contributed by atoms with Gasteiger partial charge in [0.2, 0.25) is 0 Å². The van der Waals surface area contributed by atoms with Gasteiger partial charge >= 0.3 is 5.97 Å². The van der Waals surface area contributed by atoms with Crippen molar-refractivity contribution < 1.29 is 19.4 Å². The standard InChI is InChI=1S/C17H21NO4/c19-16(18-13-7-5-12(6-8-13)17(20)21)15-14-4-2-1-3-11(14)9-10-22-15/h1-4,12-13,15H,5-10H2,(H,18,19)(H,20,21). The Morgan fingerprint density at radius 3 is 2.59 bits per heavy atom. The number of fused-ring (bicyclic) bond motifs is 1. The van der Waals surface area contributed by atoms with Gasteiger partial charge in [0.25, 0.3) is 5.91 Å². The molecule has 118 valence electrons. The van der Waals surface area contributed by atoms with Gasteiger partial charge in [0.1, 0.15) is 0 Å². The van der Waals surface area contributed by atoms with Crippen LogP contribution >= 0.6 is 0 Å². The maximum absolute atomic E-state index is 12.5. The van der Waals surface area contributed by atoms with Crippen LogP contribution in [0.4, 0.5) is 0 Å². The van der Waals surface area contributed by atoms with E-state index in [9.17, 15) is 9.59 Å². The normalized spacial score (nSPS) is 27.7. The topological polar surface area (TPSA) is 75.6 Å². The van der Waals surface area contributed by atoms with Gasteiger partial charge in [0.15, 0.2) is 6.10 Å². The number of carboxylic acids is 1. The van der Waals surface area contributed by atoms with Crippen LogP contribution in [0, 0.1) is 5.92 Å². The van der Waals surface area contributed by atoms with E-state index in [1.807, 2.05) is 24.3 Å². The van der Waals surface area contributed by atoms with Crippen LogP contribution < -0.4 is 5.32 Å². The molecule has 2 aliphatic rings. The number of aliphatic carboxylic acids is 1. The molecule has 1 aromatic carbocycles. The molecule has 1 aliphatic carbocycles. The summed E-state index contributed by atoms with van der Waals surface area (Å²) in [6, 6.07) is 7.94. The average Bonchev–Trinajstić information content (AvgIpc) is 2.54. The van der Waals surface area contributed by atoms with Crippen molar-refractivity contribution in [2.75, 3.05) is 6.61 Å². The number of rotatable bonds is 3. The summed E-state index contributed by atoms with van der Waals surface area (Å²) in [7, 11) is 0. The van der Waals surface area contributed by atoms with Crippen molar-refractivity contribution in [3.05, 3.63) is 35.4 Å². The Balaban J connectivity index is 1.61. The van der Waals surface area contributed by atoms with Gasteiger partial charge in [-0.1, -0.05) is 24.3 Å². The van der Waals surface area contributed by atoms with Gasteiger partial charge in [-0.25, -0.2) is 0 Å². The second-order valence-corrected chi connectivity index (χ2v) is 6.10. The second kappa shape index (κ2) is 6.48. The summed E-state index contributed by atoms with van der Waals surface area (Å²) < 4.78 is 5.66. The molecule has 5 nitrogen and oxygen atoms in total. The Labute approximate surface area is 129 Å². The Hall–Kier alpha value is -1.88. The van der Waals surface area contributed by atoms with Crippen molar-refractivity contribution in [2.45, 2.75) is 44.2 Å². The fourth-order valence-electron chi connectivity index (χ4n) is 3.37. The Morgan fingerprint density at radius 1 is 1.14 bits per heavy atom. The second-order valence-electron chi connectivity index (χ2n) is 6.10. The Kier molecular flexibility index (Phi) is 4.43. The zero-order valence-electron chi connectivity index (χ0n) is 12.5. The summed E-state index contributed by atoms with van der Waals surface area (Å²) >= 11 is 0. The number of carbonyl (C=O) groups excluding carboxylic acids is 1. The van der Waals surface area contributed by atoms with E-state index in [4.69, 9.17) is 9.84 Å². The lowest BCUT2D eigenvalue weighted by Crippen LogP contribution is -2.42. The number of ether oxygens (including phenoxy) is 1. The number of carbonyl (C=O) groups is 2. The van der Waals surface area contributed by atoms with Gasteiger partial charge < -0.3 is 15.2 Å². The first-order valence-corrected chi connectivity index (χ1v) is 7.87. The fourth-order valence-corrected chi connectivity index (χ4v) is 3.37. The summed E-state index contributed by atoms with van der Waals surface area (Å²) in [5.74, 6) is -1.10. The van der Waals surface area contributed by atoms with E-state index in [1.54, 1.807) is 0 Å².